The van der Waals surface area contributed by atoms with Crippen LogP contribution in [0, 0.1) is 5.92 Å². The van der Waals surface area contributed by atoms with Gasteiger partial charge in [-0.3, -0.25) is 4.79 Å². The van der Waals surface area contributed by atoms with Gasteiger partial charge in [0.2, 0.25) is 0 Å². The predicted molar refractivity (Wildman–Crippen MR) is 70.9 cm³/mol. The van der Waals surface area contributed by atoms with Crippen molar-refractivity contribution in [1.82, 2.24) is 29.7 Å². The zero-order chi connectivity index (χ0) is 15.3. The molecule has 1 aromatic heterocycles. The zero-order valence-electron chi connectivity index (χ0n) is 11.7. The first kappa shape index (κ1) is 15.8. The van der Waals surface area contributed by atoms with Crippen LogP contribution >= 0.6 is 0 Å². The molecule has 1 unspecified atom stereocenters. The first-order valence-corrected chi connectivity index (χ1v) is 8.10. The molecular formula is C10H18N6O4S. The van der Waals surface area contributed by atoms with E-state index in [0.29, 0.717) is 19.4 Å². The Labute approximate surface area is 122 Å². The lowest BCUT2D eigenvalue weighted by molar-refractivity contribution is -0.149. The summed E-state index contributed by atoms with van der Waals surface area (Å²) in [4.78, 5) is 11.7. The molecule has 0 aliphatic carbocycles. The molecule has 0 bridgehead atoms. The van der Waals surface area contributed by atoms with E-state index in [-0.39, 0.29) is 31.5 Å². The summed E-state index contributed by atoms with van der Waals surface area (Å²) in [5.41, 5.74) is 0. The number of H-pyrrole nitrogens is 1. The number of carbonyl (C=O) groups excluding carboxylic acids is 1. The molecule has 0 spiro atoms. The highest BCUT2D eigenvalue weighted by atomic mass is 32.2. The molecule has 0 amide bonds. The molecule has 0 radical (unpaired) electrons. The summed E-state index contributed by atoms with van der Waals surface area (Å²) in [7, 11) is -3.69. The summed E-state index contributed by atoms with van der Waals surface area (Å²) in [6.07, 6.45) is 1.25. The van der Waals surface area contributed by atoms with Gasteiger partial charge in [0.05, 0.1) is 19.1 Å². The van der Waals surface area contributed by atoms with E-state index >= 15 is 0 Å². The van der Waals surface area contributed by atoms with Gasteiger partial charge in [0.1, 0.15) is 0 Å². The van der Waals surface area contributed by atoms with Crippen LogP contribution in [-0.2, 0) is 26.3 Å². The van der Waals surface area contributed by atoms with E-state index in [4.69, 9.17) is 4.74 Å². The number of tetrazole rings is 1. The van der Waals surface area contributed by atoms with Crippen LogP contribution in [0.1, 0.15) is 25.6 Å². The standard InChI is InChI=1S/C10H18N6O4S/c1-2-20-10(17)8-4-3-5-16(7-8)21(18,19)11-6-9-12-14-15-13-9/h8,11H,2-7H2,1H3,(H,12,13,14,15). The number of carbonyl (C=O) groups is 1. The molecule has 21 heavy (non-hydrogen) atoms. The van der Waals surface area contributed by atoms with Crippen molar-refractivity contribution in [2.24, 2.45) is 5.92 Å². The molecular weight excluding hydrogens is 300 g/mol. The maximum Gasteiger partial charge on any atom is 0.310 e. The molecule has 118 valence electrons. The Morgan fingerprint density at radius 1 is 1.57 bits per heavy atom. The second kappa shape index (κ2) is 6.91. The smallest absolute Gasteiger partial charge is 0.310 e. The van der Waals surface area contributed by atoms with Gasteiger partial charge >= 0.3 is 5.97 Å². The third-order valence-corrected chi connectivity index (χ3v) is 4.67. The van der Waals surface area contributed by atoms with Crippen molar-refractivity contribution in [3.05, 3.63) is 5.82 Å². The van der Waals surface area contributed by atoms with Crippen LogP contribution in [0.2, 0.25) is 0 Å². The van der Waals surface area contributed by atoms with E-state index in [0.717, 1.165) is 0 Å². The van der Waals surface area contributed by atoms with Gasteiger partial charge in [0.25, 0.3) is 10.2 Å². The number of nitrogens with zero attached hydrogens (tertiary/aromatic N) is 4. The van der Waals surface area contributed by atoms with Crippen molar-refractivity contribution in [3.8, 4) is 0 Å². The fourth-order valence-corrected chi connectivity index (χ4v) is 3.36. The number of rotatable bonds is 6. The third-order valence-electron chi connectivity index (χ3n) is 3.15. The Morgan fingerprint density at radius 2 is 2.38 bits per heavy atom. The van der Waals surface area contributed by atoms with Gasteiger partial charge in [0, 0.05) is 13.1 Å². The summed E-state index contributed by atoms with van der Waals surface area (Å²) >= 11 is 0. The lowest BCUT2D eigenvalue weighted by Gasteiger charge is -2.30. The Balaban J connectivity index is 1.94. The van der Waals surface area contributed by atoms with Gasteiger partial charge < -0.3 is 4.74 Å². The van der Waals surface area contributed by atoms with E-state index in [2.05, 4.69) is 25.3 Å². The summed E-state index contributed by atoms with van der Waals surface area (Å²) < 4.78 is 32.9. The third kappa shape index (κ3) is 4.19. The van der Waals surface area contributed by atoms with Crippen molar-refractivity contribution < 1.29 is 17.9 Å². The van der Waals surface area contributed by atoms with Crippen molar-refractivity contribution in [3.63, 3.8) is 0 Å². The predicted octanol–water partition coefficient (Wildman–Crippen LogP) is -1.19. The number of piperidine rings is 1. The summed E-state index contributed by atoms with van der Waals surface area (Å²) in [5, 5.41) is 12.9. The molecule has 1 saturated heterocycles. The summed E-state index contributed by atoms with van der Waals surface area (Å²) in [6, 6.07) is 0. The molecule has 2 rings (SSSR count). The van der Waals surface area contributed by atoms with E-state index in [1.165, 1.54) is 4.31 Å². The Bertz CT molecular complexity index is 560. The normalized spacial score (nSPS) is 20.3. The molecule has 0 aromatic carbocycles. The second-order valence-electron chi connectivity index (χ2n) is 4.60. The van der Waals surface area contributed by atoms with Crippen molar-refractivity contribution in [2.75, 3.05) is 19.7 Å². The van der Waals surface area contributed by atoms with Crippen LogP contribution in [0.5, 0.6) is 0 Å². The van der Waals surface area contributed by atoms with Crippen LogP contribution < -0.4 is 4.72 Å². The minimum Gasteiger partial charge on any atom is -0.466 e. The SMILES string of the molecule is CCOC(=O)C1CCCN(S(=O)(=O)NCc2nn[nH]n2)C1. The first-order valence-electron chi connectivity index (χ1n) is 6.66. The molecule has 1 aliphatic rings. The van der Waals surface area contributed by atoms with Crippen LogP contribution in [0.25, 0.3) is 0 Å². The summed E-state index contributed by atoms with van der Waals surface area (Å²) in [6.45, 7) is 2.46. The lowest BCUT2D eigenvalue weighted by atomic mass is 10.0. The van der Waals surface area contributed by atoms with Crippen molar-refractivity contribution in [1.29, 1.82) is 0 Å². The minimum absolute atomic E-state index is 0.0561. The molecule has 0 saturated carbocycles. The van der Waals surface area contributed by atoms with E-state index in [9.17, 15) is 13.2 Å². The molecule has 2 N–H and O–H groups in total. The average molecular weight is 318 g/mol. The Kier molecular flexibility index (Phi) is 5.20. The fourth-order valence-electron chi connectivity index (χ4n) is 2.12. The maximum atomic E-state index is 12.2. The fraction of sp³-hybridized carbons (Fsp3) is 0.800. The van der Waals surface area contributed by atoms with Gasteiger partial charge in [-0.25, -0.2) is 0 Å². The topological polar surface area (TPSA) is 130 Å². The highest BCUT2D eigenvalue weighted by Crippen LogP contribution is 2.19. The van der Waals surface area contributed by atoms with Crippen LogP contribution in [-0.4, -0.2) is 59.0 Å². The average Bonchev–Trinajstić information content (AvgIpc) is 2.99. The Hall–Kier alpha value is -1.59. The van der Waals surface area contributed by atoms with Gasteiger partial charge in [-0.05, 0) is 19.8 Å². The number of nitrogens with one attached hydrogen (secondary N) is 2. The monoisotopic (exact) mass is 318 g/mol. The molecule has 11 heteroatoms. The van der Waals surface area contributed by atoms with Crippen molar-refractivity contribution >= 4 is 16.2 Å². The number of aromatic amines is 1. The van der Waals surface area contributed by atoms with E-state index in [1.807, 2.05) is 0 Å². The van der Waals surface area contributed by atoms with E-state index in [1.54, 1.807) is 6.92 Å². The van der Waals surface area contributed by atoms with Crippen LogP contribution in [0.4, 0.5) is 0 Å². The van der Waals surface area contributed by atoms with Gasteiger partial charge in [0.15, 0.2) is 5.82 Å². The quantitative estimate of drug-likeness (QED) is 0.631. The van der Waals surface area contributed by atoms with Gasteiger partial charge in [-0.15, -0.1) is 10.2 Å². The van der Waals surface area contributed by atoms with Crippen LogP contribution in [0.3, 0.4) is 0 Å². The molecule has 1 aliphatic heterocycles. The number of ether oxygens (including phenoxy) is 1. The molecule has 10 nitrogen and oxygen atoms in total. The van der Waals surface area contributed by atoms with Gasteiger partial charge in [-0.2, -0.15) is 22.7 Å². The first-order chi connectivity index (χ1) is 10.0. The number of esters is 1. The van der Waals surface area contributed by atoms with Crippen LogP contribution in [0.15, 0.2) is 0 Å². The second-order valence-corrected chi connectivity index (χ2v) is 6.36. The largest absolute Gasteiger partial charge is 0.466 e. The maximum absolute atomic E-state index is 12.2. The molecule has 1 fully saturated rings. The van der Waals surface area contributed by atoms with Gasteiger partial charge in [-0.1, -0.05) is 5.21 Å². The number of hydrogen-bond acceptors (Lipinski definition) is 7. The number of aromatic nitrogens is 4. The molecule has 1 atom stereocenters. The Morgan fingerprint density at radius 3 is 3.05 bits per heavy atom. The van der Waals surface area contributed by atoms with E-state index < -0.39 is 16.1 Å². The lowest BCUT2D eigenvalue weighted by Crippen LogP contribution is -2.47. The highest BCUT2D eigenvalue weighted by molar-refractivity contribution is 7.87. The van der Waals surface area contributed by atoms with Crippen molar-refractivity contribution in [2.45, 2.75) is 26.3 Å². The summed E-state index contributed by atoms with van der Waals surface area (Å²) in [5.74, 6) is -0.520. The minimum atomic E-state index is -3.69. The number of hydrogen-bond donors (Lipinski definition) is 2. The zero-order valence-corrected chi connectivity index (χ0v) is 12.5. The molecule has 1 aromatic rings. The molecule has 2 heterocycles. The highest BCUT2D eigenvalue weighted by Gasteiger charge is 2.33.